The van der Waals surface area contributed by atoms with Gasteiger partial charge in [0.2, 0.25) is 11.8 Å². The molecular formula is C68H79N7O13. The highest BCUT2D eigenvalue weighted by Crippen LogP contribution is 2.42. The Labute approximate surface area is 513 Å². The maximum Gasteiger partial charge on any atom is 0.308 e. The first-order chi connectivity index (χ1) is 42.4. The SMILES string of the molecule is CCCOCCOCCN(CCCC(=O)CCC(=O)NCC(=O)CCC(=O)NCCC(=O)OC(C)(C)C)c1cc(COc2cc3c(cc2C)C(=O)N2c4ccccc4C[C@H]2C=N3)cc(COc2cc3c(cc2OC)C(=O)N2c4ccccc4C[C@H]2C=N3)c1. The number of Topliss-reactive ketones (excluding diaryl/α,β-unsaturated/α-hetero) is 2. The number of carbonyl (C=O) groups excluding carboxylic acids is 7. The van der Waals surface area contributed by atoms with E-state index < -0.39 is 23.4 Å². The minimum atomic E-state index is -0.636. The molecule has 5 aromatic carbocycles. The standard InChI is InChI=1S/C68H79N7O13/c1-7-26-84-28-29-85-27-25-73(24-12-15-52(76)18-20-64(79)72-41-53(77)19-21-63(78)69-23-22-65(80)88-68(3,4)5)49-32-45(42-86-60-37-56-54(30-44(60)2)66(81)74-50(39-70-56)34-47-13-8-10-16-58(47)74)31-46(33-49)43-87-62-38-57-55(36-61(62)83-6)67(82)75-51(40-71-57)35-48-14-9-11-17-59(48)75/h8-11,13-14,16-17,30-33,36-40,50-51H,7,12,15,18-29,34-35,41-43H2,1-6H3,(H,69,78)(H,72,79)/t50-,51-/m0/s1. The van der Waals surface area contributed by atoms with Crippen LogP contribution < -0.4 is 39.5 Å². The van der Waals surface area contributed by atoms with Gasteiger partial charge in [0.25, 0.3) is 11.8 Å². The molecule has 2 N–H and O–H groups in total. The van der Waals surface area contributed by atoms with E-state index >= 15 is 0 Å². The van der Waals surface area contributed by atoms with Crippen molar-refractivity contribution in [3.8, 4) is 17.2 Å². The third-order valence-electron chi connectivity index (χ3n) is 15.4. The number of nitrogens with one attached hydrogen (secondary N) is 2. The number of para-hydroxylation sites is 2. The molecule has 0 aromatic heterocycles. The Balaban J connectivity index is 0.886. The predicted molar refractivity (Wildman–Crippen MR) is 335 cm³/mol. The number of aryl methyl sites for hydroxylation is 1. The smallest absolute Gasteiger partial charge is 0.308 e. The molecule has 0 spiro atoms. The zero-order valence-corrected chi connectivity index (χ0v) is 51.2. The second-order valence-corrected chi connectivity index (χ2v) is 23.3. The molecule has 0 aliphatic carbocycles. The van der Waals surface area contributed by atoms with Crippen molar-refractivity contribution in [1.29, 1.82) is 0 Å². The molecule has 88 heavy (non-hydrogen) atoms. The fourth-order valence-corrected chi connectivity index (χ4v) is 11.1. The van der Waals surface area contributed by atoms with Gasteiger partial charge in [-0.05, 0) is 111 Å². The Morgan fingerprint density at radius 3 is 1.81 bits per heavy atom. The minimum absolute atomic E-state index is 0.0000831. The summed E-state index contributed by atoms with van der Waals surface area (Å²) >= 11 is 0. The third kappa shape index (κ3) is 16.6. The van der Waals surface area contributed by atoms with Crippen LogP contribution in [0.15, 0.2) is 101 Å². The number of anilines is 3. The second-order valence-electron chi connectivity index (χ2n) is 23.3. The number of esters is 1. The third-order valence-corrected chi connectivity index (χ3v) is 15.4. The molecule has 0 unspecified atom stereocenters. The van der Waals surface area contributed by atoms with Gasteiger partial charge in [-0.3, -0.25) is 53.3 Å². The van der Waals surface area contributed by atoms with Gasteiger partial charge in [-0.1, -0.05) is 43.3 Å². The van der Waals surface area contributed by atoms with Crippen LogP contribution in [0.2, 0.25) is 0 Å². The molecule has 0 radical (unpaired) electrons. The predicted octanol–water partition coefficient (Wildman–Crippen LogP) is 9.43. The summed E-state index contributed by atoms with van der Waals surface area (Å²) < 4.78 is 36.1. The average molecular weight is 1200 g/mol. The lowest BCUT2D eigenvalue weighted by molar-refractivity contribution is -0.154. The molecule has 0 bridgehead atoms. The van der Waals surface area contributed by atoms with Crippen molar-refractivity contribution >= 4 is 82.0 Å². The largest absolute Gasteiger partial charge is 0.493 e. The van der Waals surface area contributed by atoms with Crippen molar-refractivity contribution < 1.29 is 62.0 Å². The van der Waals surface area contributed by atoms with E-state index in [2.05, 4.69) is 15.5 Å². The summed E-state index contributed by atoms with van der Waals surface area (Å²) in [7, 11) is 1.53. The number of nitrogens with zero attached hydrogens (tertiary/aromatic N) is 5. The van der Waals surface area contributed by atoms with Crippen molar-refractivity contribution in [2.75, 3.05) is 74.4 Å². The van der Waals surface area contributed by atoms with Gasteiger partial charge < -0.3 is 44.0 Å². The lowest BCUT2D eigenvalue weighted by Gasteiger charge is -2.26. The Morgan fingerprint density at radius 2 is 1.19 bits per heavy atom. The van der Waals surface area contributed by atoms with Gasteiger partial charge in [0, 0.05) is 113 Å². The van der Waals surface area contributed by atoms with Gasteiger partial charge >= 0.3 is 5.97 Å². The molecule has 20 heteroatoms. The number of hydrogen-bond donors (Lipinski definition) is 2. The van der Waals surface area contributed by atoms with Crippen LogP contribution in [0.4, 0.5) is 28.4 Å². The number of amides is 4. The van der Waals surface area contributed by atoms with E-state index in [-0.39, 0.29) is 100 Å². The molecule has 0 saturated heterocycles. The number of rotatable bonds is 31. The van der Waals surface area contributed by atoms with E-state index in [1.165, 1.54) is 7.11 Å². The maximum atomic E-state index is 14.2. The van der Waals surface area contributed by atoms with Gasteiger partial charge in [-0.25, -0.2) is 0 Å². The summed E-state index contributed by atoms with van der Waals surface area (Å²) in [6.45, 7) is 11.9. The van der Waals surface area contributed by atoms with Crippen LogP contribution in [0.3, 0.4) is 0 Å². The van der Waals surface area contributed by atoms with Crippen LogP contribution in [-0.4, -0.2) is 131 Å². The van der Waals surface area contributed by atoms with E-state index in [1.807, 2.05) is 110 Å². The number of benzene rings is 5. The van der Waals surface area contributed by atoms with Crippen LogP contribution in [0.25, 0.3) is 0 Å². The monoisotopic (exact) mass is 1200 g/mol. The minimum Gasteiger partial charge on any atom is -0.493 e. The van der Waals surface area contributed by atoms with Gasteiger partial charge in [0.05, 0.1) is 74.5 Å². The van der Waals surface area contributed by atoms with Crippen LogP contribution in [0.1, 0.15) is 128 Å². The normalized spacial score (nSPS) is 15.2. The van der Waals surface area contributed by atoms with E-state index in [1.54, 1.807) is 37.8 Å². The highest BCUT2D eigenvalue weighted by atomic mass is 16.6. The summed E-state index contributed by atoms with van der Waals surface area (Å²) in [5.74, 6) is -0.749. The number of ketones is 2. The highest BCUT2D eigenvalue weighted by Gasteiger charge is 2.38. The number of ether oxygens (including phenoxy) is 6. The summed E-state index contributed by atoms with van der Waals surface area (Å²) in [6.07, 6.45) is 6.16. The van der Waals surface area contributed by atoms with E-state index in [0.717, 1.165) is 51.3 Å². The average Bonchev–Trinajstić information content (AvgIpc) is 1.78. The molecule has 9 rings (SSSR count). The molecule has 464 valence electrons. The first kappa shape index (κ1) is 63.7. The van der Waals surface area contributed by atoms with Gasteiger partial charge in [0.15, 0.2) is 17.3 Å². The van der Waals surface area contributed by atoms with Gasteiger partial charge in [0.1, 0.15) is 30.3 Å². The summed E-state index contributed by atoms with van der Waals surface area (Å²) in [4.78, 5) is 107. The first-order valence-corrected chi connectivity index (χ1v) is 30.3. The molecule has 2 atom stereocenters. The summed E-state index contributed by atoms with van der Waals surface area (Å²) in [6, 6.07) is 28.5. The van der Waals surface area contributed by atoms with E-state index in [0.29, 0.717) is 98.5 Å². The van der Waals surface area contributed by atoms with Crippen molar-refractivity contribution in [3.63, 3.8) is 0 Å². The lowest BCUT2D eigenvalue weighted by Crippen LogP contribution is -2.37. The number of carbonyl (C=O) groups is 7. The van der Waals surface area contributed by atoms with Crippen molar-refractivity contribution in [2.24, 2.45) is 9.98 Å². The van der Waals surface area contributed by atoms with Crippen molar-refractivity contribution in [2.45, 2.75) is 130 Å². The topological polar surface area (TPSA) is 233 Å². The van der Waals surface area contributed by atoms with Gasteiger partial charge in [-0.2, -0.15) is 0 Å². The first-order valence-electron chi connectivity index (χ1n) is 30.3. The zero-order chi connectivity index (χ0) is 62.3. The number of methoxy groups -OCH3 is 1. The fraction of sp³-hybridized carbons (Fsp3) is 0.426. The molecule has 5 aromatic rings. The number of fused-ring (bicyclic) bond motifs is 8. The van der Waals surface area contributed by atoms with Crippen LogP contribution in [-0.2, 0) is 64.2 Å². The zero-order valence-electron chi connectivity index (χ0n) is 51.2. The van der Waals surface area contributed by atoms with Crippen LogP contribution in [0, 0.1) is 6.92 Å². The number of hydrogen-bond acceptors (Lipinski definition) is 16. The van der Waals surface area contributed by atoms with E-state index in [4.69, 9.17) is 38.4 Å². The van der Waals surface area contributed by atoms with Crippen LogP contribution >= 0.6 is 0 Å². The molecule has 20 nitrogen and oxygen atoms in total. The van der Waals surface area contributed by atoms with Crippen LogP contribution in [0.5, 0.6) is 17.2 Å². The fourth-order valence-electron chi connectivity index (χ4n) is 11.1. The quantitative estimate of drug-likeness (QED) is 0.0311. The Kier molecular flexibility index (Phi) is 21.6. The van der Waals surface area contributed by atoms with E-state index in [9.17, 15) is 33.6 Å². The molecule has 4 amide bonds. The lowest BCUT2D eigenvalue weighted by atomic mass is 10.1. The molecule has 4 aliphatic heterocycles. The molecule has 4 heterocycles. The number of aliphatic imine (C=N–C) groups is 2. The van der Waals surface area contributed by atoms with Crippen molar-refractivity contribution in [3.05, 3.63) is 130 Å². The maximum absolute atomic E-state index is 14.2. The Bertz CT molecular complexity index is 3460. The molecule has 0 fully saturated rings. The highest BCUT2D eigenvalue weighted by molar-refractivity contribution is 6.16. The Morgan fingerprint density at radius 1 is 0.625 bits per heavy atom. The van der Waals surface area contributed by atoms with Gasteiger partial charge in [-0.15, -0.1) is 0 Å². The molecule has 4 aliphatic rings. The summed E-state index contributed by atoms with van der Waals surface area (Å²) in [5.41, 5.74) is 8.30. The van der Waals surface area contributed by atoms with Crippen molar-refractivity contribution in [1.82, 2.24) is 10.6 Å². The second kappa shape index (κ2) is 29.8. The summed E-state index contributed by atoms with van der Waals surface area (Å²) in [5, 5.41) is 5.17. The molecular weight excluding hydrogens is 1120 g/mol. The molecule has 0 saturated carbocycles. The Hall–Kier alpha value is -8.75.